The molecular formula is C12H12NO3S2+. The van der Waals surface area contributed by atoms with Crippen molar-refractivity contribution in [2.75, 3.05) is 4.31 Å². The van der Waals surface area contributed by atoms with E-state index in [1.807, 2.05) is 36.4 Å². The largest absolute Gasteiger partial charge is 0.462 e. The van der Waals surface area contributed by atoms with Gasteiger partial charge in [0.05, 0.1) is 0 Å². The van der Waals surface area contributed by atoms with Crippen molar-refractivity contribution in [1.29, 1.82) is 0 Å². The second kappa shape index (κ2) is 5.45. The molecule has 0 spiro atoms. The molecule has 0 aliphatic rings. The molecule has 18 heavy (non-hydrogen) atoms. The van der Waals surface area contributed by atoms with Crippen LogP contribution in [0.4, 0.5) is 11.4 Å². The first-order chi connectivity index (χ1) is 8.56. The number of nitrogens with zero attached hydrogens (tertiary/aromatic N) is 1. The fourth-order valence-electron chi connectivity index (χ4n) is 1.46. The van der Waals surface area contributed by atoms with Gasteiger partial charge in [0.2, 0.25) is 0 Å². The summed E-state index contributed by atoms with van der Waals surface area (Å²) in [6, 6.07) is 18.2. The van der Waals surface area contributed by atoms with Crippen LogP contribution < -0.4 is 4.31 Å². The van der Waals surface area contributed by atoms with Crippen LogP contribution in [0.3, 0.4) is 0 Å². The van der Waals surface area contributed by atoms with E-state index in [-0.39, 0.29) is 0 Å². The lowest BCUT2D eigenvalue weighted by molar-refractivity contribution is 0.450. The van der Waals surface area contributed by atoms with Crippen molar-refractivity contribution >= 4 is 30.9 Å². The van der Waals surface area contributed by atoms with Crippen LogP contribution in [-0.4, -0.2) is 13.3 Å². The van der Waals surface area contributed by atoms with Gasteiger partial charge in [-0.15, -0.1) is 0 Å². The van der Waals surface area contributed by atoms with Gasteiger partial charge in [0.25, 0.3) is 0 Å². The molecule has 94 valence electrons. The molecule has 0 heterocycles. The third-order valence-corrected chi connectivity index (χ3v) is 3.95. The van der Waals surface area contributed by atoms with E-state index in [4.69, 9.17) is 9.11 Å². The molecule has 0 atom stereocenters. The van der Waals surface area contributed by atoms with E-state index < -0.39 is 9.05 Å². The molecule has 2 N–H and O–H groups in total. The zero-order valence-corrected chi connectivity index (χ0v) is 11.0. The van der Waals surface area contributed by atoms with Gasteiger partial charge in [-0.05, 0) is 24.3 Å². The summed E-state index contributed by atoms with van der Waals surface area (Å²) in [6.07, 6.45) is 0. The molecule has 0 aliphatic carbocycles. The van der Waals surface area contributed by atoms with E-state index in [0.29, 0.717) is 21.9 Å². The number of hydrogen-bond donors (Lipinski definition) is 2. The number of rotatable bonds is 3. The zero-order valence-electron chi connectivity index (χ0n) is 9.34. The maximum absolute atomic E-state index is 11.2. The van der Waals surface area contributed by atoms with Crippen LogP contribution in [0.1, 0.15) is 0 Å². The van der Waals surface area contributed by atoms with Gasteiger partial charge in [-0.1, -0.05) is 40.7 Å². The monoisotopic (exact) mass is 282 g/mol. The summed E-state index contributed by atoms with van der Waals surface area (Å²) >= 11 is 0. The molecule has 2 aromatic carbocycles. The second-order valence-electron chi connectivity index (χ2n) is 3.49. The molecule has 0 saturated heterocycles. The Morgan fingerprint density at radius 1 is 0.833 bits per heavy atom. The Hall–Kier alpha value is -1.47. The molecule has 0 fully saturated rings. The molecule has 0 unspecified atom stereocenters. The first kappa shape index (κ1) is 13.0. The molecule has 4 nitrogen and oxygen atoms in total. The third-order valence-electron chi connectivity index (χ3n) is 2.15. The highest BCUT2D eigenvalue weighted by Crippen LogP contribution is 2.24. The summed E-state index contributed by atoms with van der Waals surface area (Å²) in [5.74, 6) is 0. The molecule has 0 aliphatic heterocycles. The van der Waals surface area contributed by atoms with Gasteiger partial charge in [0.15, 0.2) is 0 Å². The summed E-state index contributed by atoms with van der Waals surface area (Å²) in [5, 5.41) is 0. The highest BCUT2D eigenvalue weighted by atomic mass is 32.9. The summed E-state index contributed by atoms with van der Waals surface area (Å²) in [4.78, 5) is 0. The Labute approximate surface area is 109 Å². The highest BCUT2D eigenvalue weighted by molar-refractivity contribution is 8.34. The second-order valence-corrected chi connectivity index (χ2v) is 6.65. The Morgan fingerprint density at radius 2 is 1.22 bits per heavy atom. The quantitative estimate of drug-likeness (QED) is 0.671. The van der Waals surface area contributed by atoms with Crippen molar-refractivity contribution in [3.63, 3.8) is 0 Å². The van der Waals surface area contributed by atoms with E-state index in [2.05, 4.69) is 0 Å². The normalized spacial score (nSPS) is 11.0. The molecule has 6 heteroatoms. The van der Waals surface area contributed by atoms with Crippen LogP contribution >= 0.6 is 0 Å². The van der Waals surface area contributed by atoms with Crippen LogP contribution in [0.2, 0.25) is 0 Å². The molecule has 0 amide bonds. The Bertz CT molecular complexity index is 575. The average molecular weight is 282 g/mol. The van der Waals surface area contributed by atoms with Gasteiger partial charge in [0.1, 0.15) is 11.4 Å². The van der Waals surface area contributed by atoms with Crippen molar-refractivity contribution < 1.29 is 13.3 Å². The molecule has 0 saturated carbocycles. The number of anilines is 2. The topological polar surface area (TPSA) is 60.8 Å². The summed E-state index contributed by atoms with van der Waals surface area (Å²) < 4.78 is 30.9. The smallest absolute Gasteiger partial charge is 0.249 e. The fraction of sp³-hybridized carbons (Fsp3) is 0. The minimum absolute atomic E-state index is 0.480. The van der Waals surface area contributed by atoms with E-state index in [1.54, 1.807) is 24.3 Å². The minimum atomic E-state index is -3.93. The van der Waals surface area contributed by atoms with E-state index >= 15 is 0 Å². The van der Waals surface area contributed by atoms with Crippen molar-refractivity contribution in [3.8, 4) is 0 Å². The Balaban J connectivity index is 2.53. The molecule has 2 rings (SSSR count). The average Bonchev–Trinajstić information content (AvgIpc) is 2.37. The third kappa shape index (κ3) is 3.51. The van der Waals surface area contributed by atoms with Gasteiger partial charge < -0.3 is 0 Å². The van der Waals surface area contributed by atoms with Crippen LogP contribution in [0.15, 0.2) is 60.7 Å². The maximum atomic E-state index is 11.2. The summed E-state index contributed by atoms with van der Waals surface area (Å²) in [6.45, 7) is 0. The molecule has 0 bridgehead atoms. The molecule has 0 radical (unpaired) electrons. The van der Waals surface area contributed by atoms with Crippen molar-refractivity contribution in [2.45, 2.75) is 0 Å². The van der Waals surface area contributed by atoms with Crippen molar-refractivity contribution in [2.24, 2.45) is 0 Å². The Kier molecular flexibility index (Phi) is 3.93. The molecular weight excluding hydrogens is 270 g/mol. The van der Waals surface area contributed by atoms with Crippen LogP contribution in [0.5, 0.6) is 0 Å². The van der Waals surface area contributed by atoms with Gasteiger partial charge in [0, 0.05) is 0 Å². The molecule has 2 aromatic rings. The molecule has 0 aromatic heterocycles. The summed E-state index contributed by atoms with van der Waals surface area (Å²) in [5.41, 5.74) is 1.43. The number of benzene rings is 2. The Morgan fingerprint density at radius 3 is 1.56 bits per heavy atom. The predicted octanol–water partition coefficient (Wildman–Crippen LogP) is 2.97. The lowest BCUT2D eigenvalue weighted by atomic mass is 10.3. The van der Waals surface area contributed by atoms with Gasteiger partial charge in [-0.25, -0.2) is 9.11 Å². The maximum Gasteiger partial charge on any atom is 0.462 e. The minimum Gasteiger partial charge on any atom is -0.249 e. The lowest BCUT2D eigenvalue weighted by Gasteiger charge is -2.07. The predicted molar refractivity (Wildman–Crippen MR) is 75.8 cm³/mol. The lowest BCUT2D eigenvalue weighted by Crippen LogP contribution is -2.15. The van der Waals surface area contributed by atoms with Crippen LogP contribution in [0, 0.1) is 0 Å². The van der Waals surface area contributed by atoms with Gasteiger partial charge in [-0.2, -0.15) is 4.21 Å². The number of para-hydroxylation sites is 2. The first-order valence-corrected chi connectivity index (χ1v) is 7.91. The van der Waals surface area contributed by atoms with E-state index in [0.717, 1.165) is 0 Å². The fourth-order valence-corrected chi connectivity index (χ4v) is 3.17. The van der Waals surface area contributed by atoms with Crippen LogP contribution in [0.25, 0.3) is 0 Å². The van der Waals surface area contributed by atoms with Gasteiger partial charge >= 0.3 is 19.6 Å². The number of hydrogen-bond acceptors (Lipinski definition) is 1. The zero-order chi connectivity index (χ0) is 13.0. The highest BCUT2D eigenvalue weighted by Gasteiger charge is 2.24. The van der Waals surface area contributed by atoms with Crippen molar-refractivity contribution in [3.05, 3.63) is 60.7 Å². The van der Waals surface area contributed by atoms with E-state index in [9.17, 15) is 4.21 Å². The van der Waals surface area contributed by atoms with Crippen molar-refractivity contribution in [1.82, 2.24) is 0 Å². The first-order valence-electron chi connectivity index (χ1n) is 5.15. The van der Waals surface area contributed by atoms with E-state index in [1.165, 1.54) is 4.31 Å². The summed E-state index contributed by atoms with van der Waals surface area (Å²) in [7, 11) is -3.45. The SMILES string of the molecule is O=S(O)(O)=[S+]N(c1ccccc1)c1ccccc1. The standard InChI is InChI=1S/C12H11NO3S2/c14-18(15,16)17-13(11-7-3-1-4-8-11)12-9-5-2-6-10-12/h1-10H,(H-,14,15,16)/p+1. The van der Waals surface area contributed by atoms with Crippen LogP contribution in [-0.2, 0) is 19.6 Å². The van der Waals surface area contributed by atoms with Gasteiger partial charge in [-0.3, -0.25) is 0 Å².